The number of halogens is 3. The highest BCUT2D eigenvalue weighted by molar-refractivity contribution is 6.08. The van der Waals surface area contributed by atoms with Gasteiger partial charge in [0.2, 0.25) is 0 Å². The van der Waals surface area contributed by atoms with Crippen molar-refractivity contribution in [3.8, 4) is 0 Å². The number of amides is 2. The van der Waals surface area contributed by atoms with Gasteiger partial charge in [0.1, 0.15) is 6.54 Å². The molecule has 0 saturated carbocycles. The third-order valence-corrected chi connectivity index (χ3v) is 4.44. The summed E-state index contributed by atoms with van der Waals surface area (Å²) in [6.07, 6.45) is -4.39. The van der Waals surface area contributed by atoms with E-state index in [1.807, 2.05) is 0 Å². The summed E-state index contributed by atoms with van der Waals surface area (Å²) < 4.78 is 37.6. The molecule has 0 aliphatic rings. The number of rotatable bonds is 6. The second-order valence-corrected chi connectivity index (χ2v) is 6.82. The van der Waals surface area contributed by atoms with Crippen LogP contribution in [0.1, 0.15) is 26.3 Å². The average Bonchev–Trinajstić information content (AvgIpc) is 2.74. The zero-order valence-electron chi connectivity index (χ0n) is 16.6. The van der Waals surface area contributed by atoms with E-state index in [-0.39, 0.29) is 22.8 Å². The normalized spacial score (nSPS) is 11.0. The van der Waals surface area contributed by atoms with Crippen molar-refractivity contribution < 1.29 is 22.8 Å². The number of nitrogens with one attached hydrogen (secondary N) is 3. The van der Waals surface area contributed by atoms with Crippen LogP contribution in [-0.2, 0) is 0 Å². The summed E-state index contributed by atoms with van der Waals surface area (Å²) in [4.78, 5) is 25.1. The Hall–Kier alpha value is -3.81. The maximum Gasteiger partial charge on any atom is 0.405 e. The number of hydrogen-bond donors (Lipinski definition) is 3. The molecule has 0 aliphatic heterocycles. The average molecular weight is 427 g/mol. The zero-order chi connectivity index (χ0) is 22.4. The third-order valence-electron chi connectivity index (χ3n) is 4.44. The third kappa shape index (κ3) is 6.08. The van der Waals surface area contributed by atoms with Crippen molar-refractivity contribution in [2.45, 2.75) is 13.1 Å². The van der Waals surface area contributed by atoms with E-state index in [2.05, 4.69) is 16.0 Å². The first-order valence-electron chi connectivity index (χ1n) is 9.41. The lowest BCUT2D eigenvalue weighted by atomic mass is 10.1. The lowest BCUT2D eigenvalue weighted by Crippen LogP contribution is -2.22. The Morgan fingerprint density at radius 3 is 2.00 bits per heavy atom. The number of alkyl halides is 3. The highest BCUT2D eigenvalue weighted by Gasteiger charge is 2.27. The number of anilines is 3. The van der Waals surface area contributed by atoms with Gasteiger partial charge in [0.25, 0.3) is 11.8 Å². The molecule has 5 nitrogen and oxygen atoms in total. The van der Waals surface area contributed by atoms with Crippen LogP contribution in [0, 0.1) is 6.92 Å². The Labute approximate surface area is 177 Å². The SMILES string of the molecule is Cc1ccc(C(=O)Nc2ccccc2NCC(F)(F)F)cc1NC(=O)c1ccccc1. The summed E-state index contributed by atoms with van der Waals surface area (Å²) in [5.41, 5.74) is 2.31. The van der Waals surface area contributed by atoms with Crippen LogP contribution in [0.15, 0.2) is 72.8 Å². The smallest absolute Gasteiger partial charge is 0.375 e. The molecule has 8 heteroatoms. The van der Waals surface area contributed by atoms with Gasteiger partial charge >= 0.3 is 6.18 Å². The summed E-state index contributed by atoms with van der Waals surface area (Å²) >= 11 is 0. The fraction of sp³-hybridized carbons (Fsp3) is 0.130. The lowest BCUT2D eigenvalue weighted by Gasteiger charge is -2.15. The molecular formula is C23H20F3N3O2. The molecule has 3 aromatic rings. The quantitative estimate of drug-likeness (QED) is 0.488. The number of carbonyl (C=O) groups is 2. The van der Waals surface area contributed by atoms with E-state index >= 15 is 0 Å². The lowest BCUT2D eigenvalue weighted by molar-refractivity contribution is -0.115. The first-order valence-corrected chi connectivity index (χ1v) is 9.41. The molecule has 3 N–H and O–H groups in total. The van der Waals surface area contributed by atoms with Crippen molar-refractivity contribution in [2.75, 3.05) is 22.5 Å². The van der Waals surface area contributed by atoms with Crippen molar-refractivity contribution >= 4 is 28.9 Å². The predicted octanol–water partition coefficient (Wildman–Crippen LogP) is 5.47. The van der Waals surface area contributed by atoms with Crippen LogP contribution in [0.2, 0.25) is 0 Å². The van der Waals surface area contributed by atoms with Gasteiger partial charge in [0, 0.05) is 16.8 Å². The Morgan fingerprint density at radius 2 is 1.32 bits per heavy atom. The summed E-state index contributed by atoms with van der Waals surface area (Å²) in [6, 6.07) is 19.5. The zero-order valence-corrected chi connectivity index (χ0v) is 16.6. The molecule has 0 bridgehead atoms. The minimum atomic E-state index is -4.39. The number of aryl methyl sites for hydroxylation is 1. The highest BCUT2D eigenvalue weighted by Crippen LogP contribution is 2.25. The van der Waals surface area contributed by atoms with Gasteiger partial charge in [-0.15, -0.1) is 0 Å². The fourth-order valence-electron chi connectivity index (χ4n) is 2.82. The first-order chi connectivity index (χ1) is 14.7. The van der Waals surface area contributed by atoms with Crippen molar-refractivity contribution in [3.63, 3.8) is 0 Å². The second kappa shape index (κ2) is 9.34. The fourth-order valence-corrected chi connectivity index (χ4v) is 2.82. The maximum atomic E-state index is 12.7. The molecule has 3 aromatic carbocycles. The molecule has 2 amide bonds. The van der Waals surface area contributed by atoms with Crippen LogP contribution in [0.25, 0.3) is 0 Å². The van der Waals surface area contributed by atoms with Gasteiger partial charge in [-0.05, 0) is 48.9 Å². The van der Waals surface area contributed by atoms with E-state index < -0.39 is 18.6 Å². The van der Waals surface area contributed by atoms with E-state index in [9.17, 15) is 22.8 Å². The van der Waals surface area contributed by atoms with Crippen molar-refractivity contribution in [1.82, 2.24) is 0 Å². The summed E-state index contributed by atoms with van der Waals surface area (Å²) in [5, 5.41) is 7.67. The molecule has 31 heavy (non-hydrogen) atoms. The maximum absolute atomic E-state index is 12.7. The molecule has 3 rings (SSSR count). The van der Waals surface area contributed by atoms with E-state index in [4.69, 9.17) is 0 Å². The van der Waals surface area contributed by atoms with Crippen LogP contribution >= 0.6 is 0 Å². The highest BCUT2D eigenvalue weighted by atomic mass is 19.4. The van der Waals surface area contributed by atoms with Crippen molar-refractivity contribution in [1.29, 1.82) is 0 Å². The minimum Gasteiger partial charge on any atom is -0.375 e. The van der Waals surface area contributed by atoms with Crippen LogP contribution in [0.4, 0.5) is 30.2 Å². The number of benzene rings is 3. The van der Waals surface area contributed by atoms with Crippen LogP contribution in [-0.4, -0.2) is 24.5 Å². The number of carbonyl (C=O) groups excluding carboxylic acids is 2. The monoisotopic (exact) mass is 427 g/mol. The van der Waals surface area contributed by atoms with E-state index in [1.165, 1.54) is 18.2 Å². The van der Waals surface area contributed by atoms with Gasteiger partial charge in [0.15, 0.2) is 0 Å². The molecule has 0 atom stereocenters. The van der Waals surface area contributed by atoms with E-state index in [0.717, 1.165) is 5.56 Å². The molecular weight excluding hydrogens is 407 g/mol. The van der Waals surface area contributed by atoms with Crippen molar-refractivity contribution in [3.05, 3.63) is 89.5 Å². The molecule has 0 spiro atoms. The Kier molecular flexibility index (Phi) is 6.59. The topological polar surface area (TPSA) is 70.2 Å². The summed E-state index contributed by atoms with van der Waals surface area (Å²) in [6.45, 7) is 0.568. The molecule has 0 saturated heterocycles. The first kappa shape index (κ1) is 21.9. The predicted molar refractivity (Wildman–Crippen MR) is 115 cm³/mol. The number of para-hydroxylation sites is 2. The standard InChI is InChI=1S/C23H20F3N3O2/c1-15-11-12-17(13-20(15)29-21(30)16-7-3-2-4-8-16)22(31)28-19-10-6-5-9-18(19)27-14-23(24,25)26/h2-13,27H,14H2,1H3,(H,28,31)(H,29,30). The minimum absolute atomic E-state index is 0.151. The second-order valence-electron chi connectivity index (χ2n) is 6.82. The Balaban J connectivity index is 1.76. The van der Waals surface area contributed by atoms with Crippen LogP contribution in [0.5, 0.6) is 0 Å². The largest absolute Gasteiger partial charge is 0.405 e. The van der Waals surface area contributed by atoms with Crippen molar-refractivity contribution in [2.24, 2.45) is 0 Å². The molecule has 160 valence electrons. The molecule has 0 unspecified atom stereocenters. The van der Waals surface area contributed by atoms with Gasteiger partial charge in [0.05, 0.1) is 11.4 Å². The Bertz CT molecular complexity index is 1080. The molecule has 0 aromatic heterocycles. The van der Waals surface area contributed by atoms with Gasteiger partial charge in [-0.2, -0.15) is 13.2 Å². The van der Waals surface area contributed by atoms with Crippen LogP contribution < -0.4 is 16.0 Å². The number of hydrogen-bond acceptors (Lipinski definition) is 3. The molecule has 0 heterocycles. The van der Waals surface area contributed by atoms with Gasteiger partial charge < -0.3 is 16.0 Å². The van der Waals surface area contributed by atoms with Gasteiger partial charge in [-0.3, -0.25) is 9.59 Å². The molecule has 0 fully saturated rings. The van der Waals surface area contributed by atoms with Gasteiger partial charge in [-0.1, -0.05) is 36.4 Å². The van der Waals surface area contributed by atoms with E-state index in [1.54, 1.807) is 61.5 Å². The van der Waals surface area contributed by atoms with Crippen LogP contribution in [0.3, 0.4) is 0 Å². The van der Waals surface area contributed by atoms with E-state index in [0.29, 0.717) is 11.3 Å². The summed E-state index contributed by atoms with van der Waals surface area (Å²) in [7, 11) is 0. The van der Waals surface area contributed by atoms with Gasteiger partial charge in [-0.25, -0.2) is 0 Å². The molecule has 0 radical (unpaired) electrons. The summed E-state index contributed by atoms with van der Waals surface area (Å²) in [5.74, 6) is -0.834. The Morgan fingerprint density at radius 1 is 0.742 bits per heavy atom. The molecule has 0 aliphatic carbocycles.